The molecule has 2 nitrogen and oxygen atoms in total. The number of aryl methyl sites for hydroxylation is 3. The van der Waals surface area contributed by atoms with Crippen molar-refractivity contribution in [3.05, 3.63) is 35.5 Å². The second kappa shape index (κ2) is 5.37. The number of nitrogens with zero attached hydrogens (tertiary/aromatic N) is 1. The molecule has 0 saturated carbocycles. The molecule has 0 aliphatic heterocycles. The Morgan fingerprint density at radius 3 is 2.76 bits per heavy atom. The van der Waals surface area contributed by atoms with Crippen LogP contribution >= 0.6 is 0 Å². The molecule has 0 aliphatic rings. The maximum absolute atomic E-state index is 3.21. The van der Waals surface area contributed by atoms with Gasteiger partial charge in [-0.15, -0.1) is 0 Å². The first-order chi connectivity index (χ1) is 8.26. The molecule has 0 unspecified atom stereocenters. The molecule has 1 aromatic heterocycles. The Labute approximate surface area is 104 Å². The minimum absolute atomic E-state index is 1.06. The van der Waals surface area contributed by atoms with Gasteiger partial charge in [-0.2, -0.15) is 0 Å². The molecule has 1 heterocycles. The molecule has 0 atom stereocenters. The summed E-state index contributed by atoms with van der Waals surface area (Å²) in [5, 5.41) is 4.58. The van der Waals surface area contributed by atoms with Crippen molar-refractivity contribution in [2.75, 3.05) is 13.6 Å². The van der Waals surface area contributed by atoms with Crippen LogP contribution in [-0.2, 0) is 13.0 Å². The van der Waals surface area contributed by atoms with Crippen molar-refractivity contribution >= 4 is 10.9 Å². The summed E-state index contributed by atoms with van der Waals surface area (Å²) in [6.07, 6.45) is 2.36. The fourth-order valence-electron chi connectivity index (χ4n) is 2.45. The largest absolute Gasteiger partial charge is 0.345 e. The third kappa shape index (κ3) is 2.52. The topological polar surface area (TPSA) is 17.0 Å². The lowest BCUT2D eigenvalue weighted by molar-refractivity contribution is 0.673. The van der Waals surface area contributed by atoms with Crippen LogP contribution in [0, 0.1) is 6.92 Å². The van der Waals surface area contributed by atoms with Crippen molar-refractivity contribution < 1.29 is 0 Å². The van der Waals surface area contributed by atoms with E-state index in [4.69, 9.17) is 0 Å². The highest BCUT2D eigenvalue weighted by Gasteiger charge is 2.07. The molecule has 0 aliphatic carbocycles. The van der Waals surface area contributed by atoms with Gasteiger partial charge in [-0.05, 0) is 63.4 Å². The summed E-state index contributed by atoms with van der Waals surface area (Å²) in [4.78, 5) is 0. The minimum Gasteiger partial charge on any atom is -0.345 e. The zero-order chi connectivity index (χ0) is 12.3. The molecule has 17 heavy (non-hydrogen) atoms. The monoisotopic (exact) mass is 230 g/mol. The summed E-state index contributed by atoms with van der Waals surface area (Å²) in [5.41, 5.74) is 4.18. The van der Waals surface area contributed by atoms with Crippen LogP contribution in [0.3, 0.4) is 0 Å². The Morgan fingerprint density at radius 1 is 1.24 bits per heavy atom. The van der Waals surface area contributed by atoms with Crippen LogP contribution in [0.5, 0.6) is 0 Å². The lowest BCUT2D eigenvalue weighted by atomic mass is 10.2. The van der Waals surface area contributed by atoms with Crippen LogP contribution in [-0.4, -0.2) is 18.2 Å². The Balaban J connectivity index is 2.35. The standard InChI is InChI=1S/C15H22N2/c1-4-17-14(6-5-9-16-3)11-13-8-7-12(2)10-15(13)17/h7-8,10-11,16H,4-6,9H2,1-3H3. The second-order valence-electron chi connectivity index (χ2n) is 4.65. The first-order valence-electron chi connectivity index (χ1n) is 6.49. The van der Waals surface area contributed by atoms with Crippen molar-refractivity contribution in [1.82, 2.24) is 9.88 Å². The molecule has 0 amide bonds. The first-order valence-corrected chi connectivity index (χ1v) is 6.49. The normalized spacial score (nSPS) is 11.2. The highest BCUT2D eigenvalue weighted by atomic mass is 15.0. The van der Waals surface area contributed by atoms with Gasteiger partial charge >= 0.3 is 0 Å². The van der Waals surface area contributed by atoms with Crippen LogP contribution < -0.4 is 5.32 Å². The molecule has 2 aromatic rings. The van der Waals surface area contributed by atoms with Crippen molar-refractivity contribution in [3.63, 3.8) is 0 Å². The number of hydrogen-bond acceptors (Lipinski definition) is 1. The van der Waals surface area contributed by atoms with Gasteiger partial charge in [-0.3, -0.25) is 0 Å². The lowest BCUT2D eigenvalue weighted by Gasteiger charge is -2.08. The van der Waals surface area contributed by atoms with Gasteiger partial charge in [0.2, 0.25) is 0 Å². The zero-order valence-corrected chi connectivity index (χ0v) is 11.1. The Bertz CT molecular complexity index is 497. The molecule has 0 spiro atoms. The smallest absolute Gasteiger partial charge is 0.0485 e. The van der Waals surface area contributed by atoms with E-state index < -0.39 is 0 Å². The molecule has 2 rings (SSSR count). The number of nitrogens with one attached hydrogen (secondary N) is 1. The first kappa shape index (κ1) is 12.2. The Hall–Kier alpha value is -1.28. The van der Waals surface area contributed by atoms with Gasteiger partial charge in [0.25, 0.3) is 0 Å². The summed E-state index contributed by atoms with van der Waals surface area (Å²) in [5.74, 6) is 0. The third-order valence-electron chi connectivity index (χ3n) is 3.32. The van der Waals surface area contributed by atoms with E-state index in [1.54, 1.807) is 0 Å². The number of fused-ring (bicyclic) bond motifs is 1. The third-order valence-corrected chi connectivity index (χ3v) is 3.32. The van der Waals surface area contributed by atoms with E-state index in [9.17, 15) is 0 Å². The Kier molecular flexibility index (Phi) is 3.85. The molecular weight excluding hydrogens is 208 g/mol. The Morgan fingerprint density at radius 2 is 2.06 bits per heavy atom. The van der Waals surface area contributed by atoms with E-state index in [0.29, 0.717) is 0 Å². The van der Waals surface area contributed by atoms with E-state index in [-0.39, 0.29) is 0 Å². The maximum atomic E-state index is 3.21. The molecule has 0 fully saturated rings. The fourth-order valence-corrected chi connectivity index (χ4v) is 2.45. The van der Waals surface area contributed by atoms with Crippen molar-refractivity contribution in [3.8, 4) is 0 Å². The van der Waals surface area contributed by atoms with Gasteiger partial charge in [0.15, 0.2) is 0 Å². The number of rotatable bonds is 5. The van der Waals surface area contributed by atoms with Crippen LogP contribution in [0.25, 0.3) is 10.9 Å². The molecule has 0 bridgehead atoms. The van der Waals surface area contributed by atoms with E-state index in [0.717, 1.165) is 19.5 Å². The quantitative estimate of drug-likeness (QED) is 0.781. The fraction of sp³-hybridized carbons (Fsp3) is 0.467. The van der Waals surface area contributed by atoms with Crippen LogP contribution in [0.15, 0.2) is 24.3 Å². The average molecular weight is 230 g/mol. The summed E-state index contributed by atoms with van der Waals surface area (Å²) in [6.45, 7) is 6.53. The zero-order valence-electron chi connectivity index (χ0n) is 11.1. The summed E-state index contributed by atoms with van der Waals surface area (Å²) < 4.78 is 2.44. The number of hydrogen-bond donors (Lipinski definition) is 1. The summed E-state index contributed by atoms with van der Waals surface area (Å²) in [6, 6.07) is 9.06. The van der Waals surface area contributed by atoms with Gasteiger partial charge in [0.1, 0.15) is 0 Å². The SMILES string of the molecule is CCn1c(CCCNC)cc2ccc(C)cc21. The minimum atomic E-state index is 1.06. The molecule has 2 heteroatoms. The van der Waals surface area contributed by atoms with Gasteiger partial charge < -0.3 is 9.88 Å². The molecule has 0 saturated heterocycles. The second-order valence-corrected chi connectivity index (χ2v) is 4.65. The summed E-state index contributed by atoms with van der Waals surface area (Å²) in [7, 11) is 2.01. The highest BCUT2D eigenvalue weighted by Crippen LogP contribution is 2.22. The van der Waals surface area contributed by atoms with Crippen LogP contribution in [0.1, 0.15) is 24.6 Å². The predicted octanol–water partition coefficient (Wildman–Crippen LogP) is 3.12. The number of aromatic nitrogens is 1. The van der Waals surface area contributed by atoms with Gasteiger partial charge in [0, 0.05) is 17.8 Å². The van der Waals surface area contributed by atoms with Crippen molar-refractivity contribution in [2.24, 2.45) is 0 Å². The van der Waals surface area contributed by atoms with Crippen molar-refractivity contribution in [1.29, 1.82) is 0 Å². The predicted molar refractivity (Wildman–Crippen MR) is 74.6 cm³/mol. The van der Waals surface area contributed by atoms with Crippen LogP contribution in [0.4, 0.5) is 0 Å². The van der Waals surface area contributed by atoms with E-state index in [2.05, 4.69) is 48.0 Å². The van der Waals surface area contributed by atoms with Crippen molar-refractivity contribution in [2.45, 2.75) is 33.2 Å². The molecule has 1 N–H and O–H groups in total. The molecule has 0 radical (unpaired) electrons. The van der Waals surface area contributed by atoms with E-state index in [1.165, 1.54) is 28.6 Å². The maximum Gasteiger partial charge on any atom is 0.0485 e. The van der Waals surface area contributed by atoms with Gasteiger partial charge in [-0.1, -0.05) is 12.1 Å². The molecule has 92 valence electrons. The highest BCUT2D eigenvalue weighted by molar-refractivity contribution is 5.82. The van der Waals surface area contributed by atoms with Gasteiger partial charge in [-0.25, -0.2) is 0 Å². The van der Waals surface area contributed by atoms with E-state index >= 15 is 0 Å². The molecule has 1 aromatic carbocycles. The van der Waals surface area contributed by atoms with Crippen LogP contribution in [0.2, 0.25) is 0 Å². The van der Waals surface area contributed by atoms with E-state index in [1.807, 2.05) is 7.05 Å². The average Bonchev–Trinajstić information content (AvgIpc) is 2.66. The number of benzene rings is 1. The van der Waals surface area contributed by atoms with Gasteiger partial charge in [0.05, 0.1) is 0 Å². The lowest BCUT2D eigenvalue weighted by Crippen LogP contribution is -2.10. The molecular formula is C15H22N2. The summed E-state index contributed by atoms with van der Waals surface area (Å²) >= 11 is 0.